The lowest BCUT2D eigenvalue weighted by atomic mass is 10.0. The van der Waals surface area contributed by atoms with Gasteiger partial charge in [0, 0.05) is 12.0 Å². The second-order valence-corrected chi connectivity index (χ2v) is 3.16. The zero-order valence-corrected chi connectivity index (χ0v) is 8.88. The molecule has 0 aliphatic carbocycles. The first-order valence-electron chi connectivity index (χ1n) is 4.91. The minimum absolute atomic E-state index is 0.124. The highest BCUT2D eigenvalue weighted by atomic mass is 16.5. The number of ether oxygens (including phenoxy) is 1. The van der Waals surface area contributed by atoms with Crippen molar-refractivity contribution >= 4 is 18.0 Å². The van der Waals surface area contributed by atoms with Crippen LogP contribution in [0.15, 0.2) is 30.3 Å². The molecule has 0 fully saturated rings. The second-order valence-electron chi connectivity index (χ2n) is 3.16. The molecule has 4 nitrogen and oxygen atoms in total. The molecule has 0 aliphatic heterocycles. The third-order valence-corrected chi connectivity index (χ3v) is 2.13. The summed E-state index contributed by atoms with van der Waals surface area (Å²) in [6, 6.07) is 8.27. The number of hydrogen-bond acceptors (Lipinski definition) is 4. The van der Waals surface area contributed by atoms with E-state index in [1.54, 1.807) is 37.3 Å². The van der Waals surface area contributed by atoms with Gasteiger partial charge in [-0.05, 0) is 0 Å². The molecule has 0 amide bonds. The van der Waals surface area contributed by atoms with Gasteiger partial charge in [0.2, 0.25) is 11.9 Å². The standard InChI is InChI=1S/C12H12O4/c1-2-10(14)12(16-8-13)11(15)9-6-4-3-5-7-9/h3-8,12H,2H2,1H3. The lowest BCUT2D eigenvalue weighted by molar-refractivity contribution is -0.140. The molecule has 1 aromatic rings. The van der Waals surface area contributed by atoms with E-state index in [0.29, 0.717) is 5.56 Å². The molecule has 0 saturated carbocycles. The zero-order valence-electron chi connectivity index (χ0n) is 8.88. The molecule has 0 spiro atoms. The van der Waals surface area contributed by atoms with Crippen LogP contribution in [0.3, 0.4) is 0 Å². The van der Waals surface area contributed by atoms with E-state index in [2.05, 4.69) is 4.74 Å². The van der Waals surface area contributed by atoms with Crippen molar-refractivity contribution in [1.29, 1.82) is 0 Å². The van der Waals surface area contributed by atoms with Crippen LogP contribution < -0.4 is 0 Å². The fourth-order valence-corrected chi connectivity index (χ4v) is 1.28. The van der Waals surface area contributed by atoms with Crippen LogP contribution in [-0.2, 0) is 14.3 Å². The van der Waals surface area contributed by atoms with E-state index in [9.17, 15) is 14.4 Å². The highest BCUT2D eigenvalue weighted by molar-refractivity contribution is 6.13. The van der Waals surface area contributed by atoms with Gasteiger partial charge in [-0.2, -0.15) is 0 Å². The Balaban J connectivity index is 2.91. The van der Waals surface area contributed by atoms with E-state index in [1.807, 2.05) is 0 Å². The van der Waals surface area contributed by atoms with Crippen molar-refractivity contribution in [2.45, 2.75) is 19.4 Å². The minimum atomic E-state index is -1.31. The van der Waals surface area contributed by atoms with Crippen LogP contribution in [0.1, 0.15) is 23.7 Å². The SMILES string of the molecule is CCC(=O)C(OC=O)C(=O)c1ccccc1. The molecular weight excluding hydrogens is 208 g/mol. The zero-order chi connectivity index (χ0) is 12.0. The van der Waals surface area contributed by atoms with Crippen molar-refractivity contribution in [3.63, 3.8) is 0 Å². The topological polar surface area (TPSA) is 60.4 Å². The average molecular weight is 220 g/mol. The Bertz CT molecular complexity index is 383. The van der Waals surface area contributed by atoms with Crippen molar-refractivity contribution in [1.82, 2.24) is 0 Å². The number of carbonyl (C=O) groups is 3. The fourth-order valence-electron chi connectivity index (χ4n) is 1.28. The van der Waals surface area contributed by atoms with E-state index in [0.717, 1.165) is 0 Å². The molecule has 1 rings (SSSR count). The van der Waals surface area contributed by atoms with Gasteiger partial charge in [-0.1, -0.05) is 37.3 Å². The van der Waals surface area contributed by atoms with Crippen LogP contribution in [0.25, 0.3) is 0 Å². The quantitative estimate of drug-likeness (QED) is 0.413. The predicted octanol–water partition coefficient (Wildman–Crippen LogP) is 1.39. The molecule has 0 N–H and O–H groups in total. The summed E-state index contributed by atoms with van der Waals surface area (Å²) in [6.45, 7) is 1.74. The summed E-state index contributed by atoms with van der Waals surface area (Å²) in [5.41, 5.74) is 0.358. The molecule has 1 aromatic carbocycles. The van der Waals surface area contributed by atoms with Crippen LogP contribution in [0.4, 0.5) is 0 Å². The number of ketones is 2. The van der Waals surface area contributed by atoms with Gasteiger partial charge in [0.05, 0.1) is 0 Å². The van der Waals surface area contributed by atoms with Crippen molar-refractivity contribution < 1.29 is 19.1 Å². The van der Waals surface area contributed by atoms with Crippen molar-refractivity contribution in [3.05, 3.63) is 35.9 Å². The van der Waals surface area contributed by atoms with Gasteiger partial charge < -0.3 is 4.74 Å². The van der Waals surface area contributed by atoms with Gasteiger partial charge in [0.15, 0.2) is 5.78 Å². The number of hydrogen-bond donors (Lipinski definition) is 0. The maximum Gasteiger partial charge on any atom is 0.294 e. The van der Waals surface area contributed by atoms with Crippen molar-refractivity contribution in [2.75, 3.05) is 0 Å². The van der Waals surface area contributed by atoms with E-state index < -0.39 is 17.7 Å². The number of benzene rings is 1. The molecule has 0 heterocycles. The molecule has 0 radical (unpaired) electrons. The van der Waals surface area contributed by atoms with E-state index in [-0.39, 0.29) is 12.9 Å². The van der Waals surface area contributed by atoms with Gasteiger partial charge in [-0.15, -0.1) is 0 Å². The second kappa shape index (κ2) is 5.80. The Labute approximate surface area is 93.2 Å². The first-order chi connectivity index (χ1) is 7.70. The summed E-state index contributed by atoms with van der Waals surface area (Å²) in [5, 5.41) is 0. The van der Waals surface area contributed by atoms with Crippen molar-refractivity contribution in [2.24, 2.45) is 0 Å². The Hall–Kier alpha value is -1.97. The lowest BCUT2D eigenvalue weighted by Crippen LogP contribution is -2.32. The van der Waals surface area contributed by atoms with Crippen LogP contribution in [0, 0.1) is 0 Å². The smallest absolute Gasteiger partial charge is 0.294 e. The van der Waals surface area contributed by atoms with E-state index in [4.69, 9.17) is 0 Å². The molecule has 1 atom stereocenters. The summed E-state index contributed by atoms with van der Waals surface area (Å²) in [7, 11) is 0. The molecule has 4 heteroatoms. The number of Topliss-reactive ketones (excluding diaryl/α,β-unsaturated/α-hetero) is 2. The largest absolute Gasteiger partial charge is 0.448 e. The Morgan fingerprint density at radius 2 is 1.94 bits per heavy atom. The molecule has 1 unspecified atom stereocenters. The summed E-state index contributed by atoms with van der Waals surface area (Å²) in [5.74, 6) is -0.888. The number of rotatable bonds is 6. The normalized spacial score (nSPS) is 11.6. The Morgan fingerprint density at radius 1 is 1.31 bits per heavy atom. The van der Waals surface area contributed by atoms with Gasteiger partial charge in [0.25, 0.3) is 6.47 Å². The van der Waals surface area contributed by atoms with Crippen LogP contribution in [0.2, 0.25) is 0 Å². The maximum absolute atomic E-state index is 11.8. The average Bonchev–Trinajstić information content (AvgIpc) is 2.35. The minimum Gasteiger partial charge on any atom is -0.448 e. The molecule has 84 valence electrons. The predicted molar refractivity (Wildman–Crippen MR) is 57.0 cm³/mol. The third-order valence-electron chi connectivity index (χ3n) is 2.13. The van der Waals surface area contributed by atoms with Gasteiger partial charge in [0.1, 0.15) is 0 Å². The van der Waals surface area contributed by atoms with Gasteiger partial charge in [-0.3, -0.25) is 14.4 Å². The highest BCUT2D eigenvalue weighted by Gasteiger charge is 2.27. The molecule has 0 aliphatic rings. The maximum atomic E-state index is 11.8. The fraction of sp³-hybridized carbons (Fsp3) is 0.250. The summed E-state index contributed by atoms with van der Waals surface area (Å²) >= 11 is 0. The summed E-state index contributed by atoms with van der Waals surface area (Å²) < 4.78 is 4.53. The highest BCUT2D eigenvalue weighted by Crippen LogP contribution is 2.08. The Morgan fingerprint density at radius 3 is 2.44 bits per heavy atom. The molecule has 0 bridgehead atoms. The molecule has 16 heavy (non-hydrogen) atoms. The molecule has 0 saturated heterocycles. The van der Waals surface area contributed by atoms with Crippen molar-refractivity contribution in [3.8, 4) is 0 Å². The van der Waals surface area contributed by atoms with E-state index >= 15 is 0 Å². The van der Waals surface area contributed by atoms with Crippen LogP contribution in [0.5, 0.6) is 0 Å². The van der Waals surface area contributed by atoms with Crippen LogP contribution >= 0.6 is 0 Å². The van der Waals surface area contributed by atoms with Gasteiger partial charge >= 0.3 is 0 Å². The molecule has 0 aromatic heterocycles. The number of carbonyl (C=O) groups excluding carboxylic acids is 3. The first kappa shape index (κ1) is 12.1. The van der Waals surface area contributed by atoms with E-state index in [1.165, 1.54) is 0 Å². The third kappa shape index (κ3) is 2.76. The van der Waals surface area contributed by atoms with Gasteiger partial charge in [-0.25, -0.2) is 0 Å². The summed E-state index contributed by atoms with van der Waals surface area (Å²) in [6.07, 6.45) is -1.17. The lowest BCUT2D eigenvalue weighted by Gasteiger charge is -2.11. The Kier molecular flexibility index (Phi) is 4.39. The summed E-state index contributed by atoms with van der Waals surface area (Å²) in [4.78, 5) is 33.5. The van der Waals surface area contributed by atoms with Crippen LogP contribution in [-0.4, -0.2) is 24.1 Å². The monoisotopic (exact) mass is 220 g/mol. The first-order valence-corrected chi connectivity index (χ1v) is 4.91. The molecular formula is C12H12O4.